The maximum atomic E-state index is 12.8. The van der Waals surface area contributed by atoms with Crippen molar-refractivity contribution >= 4 is 12.1 Å². The molecule has 0 bridgehead atoms. The SMILES string of the molecule is COC(=O)[C@@H]1CN(C(=O)OCC2c3ccccc3-c3ccccc32)CC12CNC2. The van der Waals surface area contributed by atoms with Crippen LogP contribution in [0.1, 0.15) is 17.0 Å². The number of carbonyl (C=O) groups is 2. The second-order valence-corrected chi connectivity index (χ2v) is 8.23. The summed E-state index contributed by atoms with van der Waals surface area (Å²) in [4.78, 5) is 26.7. The number of benzene rings is 2. The number of methoxy groups -OCH3 is 1. The Morgan fingerprint density at radius 1 is 1.07 bits per heavy atom. The second-order valence-electron chi connectivity index (χ2n) is 8.23. The Hall–Kier alpha value is -2.86. The normalized spacial score (nSPS) is 21.4. The topological polar surface area (TPSA) is 67.9 Å². The Morgan fingerprint density at radius 3 is 2.24 bits per heavy atom. The van der Waals surface area contributed by atoms with Crippen LogP contribution in [0.4, 0.5) is 4.79 Å². The third-order valence-electron chi connectivity index (χ3n) is 6.68. The molecule has 6 nitrogen and oxygen atoms in total. The summed E-state index contributed by atoms with van der Waals surface area (Å²) in [6.07, 6.45) is -0.357. The summed E-state index contributed by atoms with van der Waals surface area (Å²) in [6, 6.07) is 16.6. The number of rotatable bonds is 3. The van der Waals surface area contributed by atoms with E-state index in [0.717, 1.165) is 13.1 Å². The van der Waals surface area contributed by atoms with Crippen LogP contribution in [-0.4, -0.2) is 56.9 Å². The fourth-order valence-electron chi connectivity index (χ4n) is 5.06. The van der Waals surface area contributed by atoms with Crippen molar-refractivity contribution in [1.29, 1.82) is 0 Å². The Bertz CT molecular complexity index is 923. The van der Waals surface area contributed by atoms with Gasteiger partial charge in [-0.3, -0.25) is 4.79 Å². The number of likely N-dealkylation sites (tertiary alicyclic amines) is 1. The first-order chi connectivity index (χ1) is 14.1. The molecule has 0 unspecified atom stereocenters. The monoisotopic (exact) mass is 392 g/mol. The molecule has 2 saturated heterocycles. The van der Waals surface area contributed by atoms with Gasteiger partial charge in [-0.1, -0.05) is 48.5 Å². The van der Waals surface area contributed by atoms with E-state index in [1.54, 1.807) is 4.90 Å². The molecule has 6 heteroatoms. The van der Waals surface area contributed by atoms with Crippen molar-refractivity contribution in [3.05, 3.63) is 59.7 Å². The van der Waals surface area contributed by atoms with E-state index in [1.807, 2.05) is 24.3 Å². The summed E-state index contributed by atoms with van der Waals surface area (Å²) in [6.45, 7) is 2.61. The number of hydrogen-bond donors (Lipinski definition) is 1. The molecule has 1 spiro atoms. The summed E-state index contributed by atoms with van der Waals surface area (Å²) < 4.78 is 10.7. The number of nitrogens with one attached hydrogen (secondary N) is 1. The summed E-state index contributed by atoms with van der Waals surface area (Å²) >= 11 is 0. The highest BCUT2D eigenvalue weighted by Crippen LogP contribution is 2.45. The smallest absolute Gasteiger partial charge is 0.409 e. The van der Waals surface area contributed by atoms with Gasteiger partial charge in [-0.2, -0.15) is 0 Å². The highest BCUT2D eigenvalue weighted by atomic mass is 16.6. The molecule has 29 heavy (non-hydrogen) atoms. The molecular weight excluding hydrogens is 368 g/mol. The fourth-order valence-corrected chi connectivity index (χ4v) is 5.06. The minimum atomic E-state index is -0.357. The van der Waals surface area contributed by atoms with Crippen LogP contribution in [0.2, 0.25) is 0 Å². The zero-order valence-corrected chi connectivity index (χ0v) is 16.4. The molecular formula is C23H24N2O4. The van der Waals surface area contributed by atoms with Crippen LogP contribution in [0.15, 0.2) is 48.5 Å². The van der Waals surface area contributed by atoms with Crippen molar-refractivity contribution in [3.8, 4) is 11.1 Å². The number of carbonyl (C=O) groups excluding carboxylic acids is 2. The van der Waals surface area contributed by atoms with Gasteiger partial charge in [-0.05, 0) is 22.3 Å². The van der Waals surface area contributed by atoms with Gasteiger partial charge in [0.15, 0.2) is 0 Å². The van der Waals surface area contributed by atoms with Crippen molar-refractivity contribution in [3.63, 3.8) is 0 Å². The molecule has 1 N–H and O–H groups in total. The molecule has 0 aromatic heterocycles. The van der Waals surface area contributed by atoms with Crippen LogP contribution in [0.5, 0.6) is 0 Å². The molecule has 2 fully saturated rings. The minimum absolute atomic E-state index is 0.0321. The Balaban J connectivity index is 1.31. The van der Waals surface area contributed by atoms with Crippen LogP contribution in [0, 0.1) is 11.3 Å². The van der Waals surface area contributed by atoms with E-state index in [0.29, 0.717) is 13.1 Å². The molecule has 3 aliphatic rings. The van der Waals surface area contributed by atoms with E-state index in [2.05, 4.69) is 29.6 Å². The molecule has 1 amide bonds. The van der Waals surface area contributed by atoms with Crippen LogP contribution in [0.3, 0.4) is 0 Å². The predicted octanol–water partition coefficient (Wildman–Crippen LogP) is 2.63. The third-order valence-corrected chi connectivity index (χ3v) is 6.68. The van der Waals surface area contributed by atoms with E-state index in [-0.39, 0.29) is 35.9 Å². The van der Waals surface area contributed by atoms with E-state index in [4.69, 9.17) is 9.47 Å². The fraction of sp³-hybridized carbons (Fsp3) is 0.391. The number of nitrogens with zero attached hydrogens (tertiary/aromatic N) is 1. The lowest BCUT2D eigenvalue weighted by Crippen LogP contribution is -2.59. The third kappa shape index (κ3) is 2.82. The second kappa shape index (κ2) is 6.88. The van der Waals surface area contributed by atoms with Gasteiger partial charge in [0.05, 0.1) is 13.0 Å². The van der Waals surface area contributed by atoms with Crippen molar-refractivity contribution in [1.82, 2.24) is 10.2 Å². The predicted molar refractivity (Wildman–Crippen MR) is 107 cm³/mol. The first kappa shape index (κ1) is 18.2. The Kier molecular flexibility index (Phi) is 4.32. The standard InChI is InChI=1S/C23H24N2O4/c1-28-21(26)20-10-25(14-23(20)12-24-13-23)22(27)29-11-19-17-8-4-2-6-15(17)16-7-3-5-9-18(16)19/h2-9,19-20,24H,10-14H2,1H3/t20-/m0/s1. The number of esters is 1. The first-order valence-corrected chi connectivity index (χ1v) is 10.0. The maximum absolute atomic E-state index is 12.8. The van der Waals surface area contributed by atoms with E-state index in [1.165, 1.54) is 29.4 Å². The molecule has 1 atom stereocenters. The Labute approximate surface area is 169 Å². The molecule has 0 radical (unpaired) electrons. The number of hydrogen-bond acceptors (Lipinski definition) is 5. The highest BCUT2D eigenvalue weighted by Gasteiger charge is 2.55. The van der Waals surface area contributed by atoms with Crippen molar-refractivity contribution in [2.45, 2.75) is 5.92 Å². The summed E-state index contributed by atoms with van der Waals surface area (Å²) in [5.41, 5.74) is 4.56. The number of amides is 1. The molecule has 0 saturated carbocycles. The van der Waals surface area contributed by atoms with Crippen molar-refractivity contribution in [2.75, 3.05) is 39.9 Å². The van der Waals surface area contributed by atoms with Gasteiger partial charge in [0.2, 0.25) is 0 Å². The molecule has 5 rings (SSSR count). The van der Waals surface area contributed by atoms with Gasteiger partial charge in [-0.25, -0.2) is 4.79 Å². The zero-order valence-electron chi connectivity index (χ0n) is 16.4. The maximum Gasteiger partial charge on any atom is 0.409 e. The zero-order chi connectivity index (χ0) is 20.0. The van der Waals surface area contributed by atoms with Crippen molar-refractivity contribution in [2.24, 2.45) is 11.3 Å². The largest absolute Gasteiger partial charge is 0.469 e. The molecule has 150 valence electrons. The highest BCUT2D eigenvalue weighted by molar-refractivity contribution is 5.79. The Morgan fingerprint density at radius 2 is 1.69 bits per heavy atom. The van der Waals surface area contributed by atoms with Gasteiger partial charge in [0, 0.05) is 37.5 Å². The van der Waals surface area contributed by atoms with Gasteiger partial charge in [0.25, 0.3) is 0 Å². The lowest BCUT2D eigenvalue weighted by atomic mass is 9.73. The lowest BCUT2D eigenvalue weighted by molar-refractivity contribution is -0.149. The van der Waals surface area contributed by atoms with Crippen LogP contribution >= 0.6 is 0 Å². The first-order valence-electron chi connectivity index (χ1n) is 10.0. The quantitative estimate of drug-likeness (QED) is 0.814. The van der Waals surface area contributed by atoms with Gasteiger partial charge in [-0.15, -0.1) is 0 Å². The molecule has 2 heterocycles. The van der Waals surface area contributed by atoms with Gasteiger partial charge >= 0.3 is 12.1 Å². The average Bonchev–Trinajstić information content (AvgIpc) is 3.29. The molecule has 1 aliphatic carbocycles. The van der Waals surface area contributed by atoms with Crippen LogP contribution < -0.4 is 5.32 Å². The van der Waals surface area contributed by atoms with Crippen LogP contribution in [-0.2, 0) is 14.3 Å². The number of fused-ring (bicyclic) bond motifs is 3. The van der Waals surface area contributed by atoms with Gasteiger partial charge in [0.1, 0.15) is 6.61 Å². The summed E-state index contributed by atoms with van der Waals surface area (Å²) in [5, 5.41) is 3.22. The van der Waals surface area contributed by atoms with E-state index >= 15 is 0 Å². The summed E-state index contributed by atoms with van der Waals surface area (Å²) in [7, 11) is 1.40. The summed E-state index contributed by atoms with van der Waals surface area (Å²) in [5.74, 6) is -0.514. The van der Waals surface area contributed by atoms with E-state index < -0.39 is 0 Å². The van der Waals surface area contributed by atoms with Crippen molar-refractivity contribution < 1.29 is 19.1 Å². The number of ether oxygens (including phenoxy) is 2. The molecule has 2 aliphatic heterocycles. The van der Waals surface area contributed by atoms with Crippen LogP contribution in [0.25, 0.3) is 11.1 Å². The van der Waals surface area contributed by atoms with Gasteiger partial charge < -0.3 is 19.7 Å². The lowest BCUT2D eigenvalue weighted by Gasteiger charge is -2.42. The average molecular weight is 392 g/mol. The molecule has 2 aromatic carbocycles. The molecule has 2 aromatic rings. The minimum Gasteiger partial charge on any atom is -0.469 e. The van der Waals surface area contributed by atoms with E-state index in [9.17, 15) is 9.59 Å².